The van der Waals surface area contributed by atoms with Crippen LogP contribution in [0.2, 0.25) is 0 Å². The van der Waals surface area contributed by atoms with Crippen LogP contribution in [-0.4, -0.2) is 30.3 Å². The number of carbonyl (C=O) groups excluding carboxylic acids is 2. The Morgan fingerprint density at radius 1 is 1.24 bits per heavy atom. The molecule has 1 aromatic carbocycles. The van der Waals surface area contributed by atoms with Gasteiger partial charge in [-0.15, -0.1) is 11.8 Å². The summed E-state index contributed by atoms with van der Waals surface area (Å²) >= 11 is 1.45. The topological polar surface area (TPSA) is 55.4 Å². The molecule has 3 atom stereocenters. The van der Waals surface area contributed by atoms with Crippen LogP contribution in [0.3, 0.4) is 0 Å². The lowest BCUT2D eigenvalue weighted by atomic mass is 9.78. The van der Waals surface area contributed by atoms with Crippen LogP contribution in [0.5, 0.6) is 0 Å². The monoisotopic (exact) mass is 363 g/mol. The minimum Gasteiger partial charge on any atom is -0.455 e. The highest BCUT2D eigenvalue weighted by Gasteiger charge is 2.28. The quantitative estimate of drug-likeness (QED) is 0.615. The number of hydrogen-bond donors (Lipinski definition) is 1. The van der Waals surface area contributed by atoms with Gasteiger partial charge in [0.15, 0.2) is 6.61 Å². The van der Waals surface area contributed by atoms with Crippen molar-refractivity contribution in [2.24, 2.45) is 11.8 Å². The van der Waals surface area contributed by atoms with E-state index in [1.54, 1.807) is 0 Å². The van der Waals surface area contributed by atoms with Gasteiger partial charge in [-0.3, -0.25) is 9.59 Å². The lowest BCUT2D eigenvalue weighted by molar-refractivity contribution is -0.146. The van der Waals surface area contributed by atoms with Gasteiger partial charge in [-0.1, -0.05) is 44.4 Å². The standard InChI is InChI=1S/C20H29NO3S/c1-13-8-9-15(3)18(10-13)25-12-20(23)24-11-19(22)21-17-7-5-6-14(2)16(17)4/h8-10,14,16-17H,5-7,11-12H2,1-4H3,(H,21,22)/t14-,16-,17-/m0/s1. The Morgan fingerprint density at radius 2 is 2.00 bits per heavy atom. The molecule has 1 N–H and O–H groups in total. The molecule has 25 heavy (non-hydrogen) atoms. The fourth-order valence-corrected chi connectivity index (χ4v) is 4.14. The zero-order valence-electron chi connectivity index (χ0n) is 15.6. The number of carbonyl (C=O) groups is 2. The van der Waals surface area contributed by atoms with Gasteiger partial charge in [0.1, 0.15) is 0 Å². The number of esters is 1. The molecule has 0 unspecified atom stereocenters. The average Bonchev–Trinajstić information content (AvgIpc) is 2.58. The Balaban J connectivity index is 1.72. The number of hydrogen-bond acceptors (Lipinski definition) is 4. The van der Waals surface area contributed by atoms with Crippen LogP contribution in [-0.2, 0) is 14.3 Å². The van der Waals surface area contributed by atoms with Crippen molar-refractivity contribution in [3.8, 4) is 0 Å². The van der Waals surface area contributed by atoms with E-state index in [0.717, 1.165) is 28.9 Å². The predicted octanol–water partition coefficient (Wildman–Crippen LogP) is 3.88. The van der Waals surface area contributed by atoms with E-state index in [9.17, 15) is 9.59 Å². The maximum atomic E-state index is 12.0. The number of nitrogens with one attached hydrogen (secondary N) is 1. The van der Waals surface area contributed by atoms with Crippen molar-refractivity contribution in [3.05, 3.63) is 29.3 Å². The van der Waals surface area contributed by atoms with Gasteiger partial charge in [-0.05, 0) is 43.7 Å². The van der Waals surface area contributed by atoms with Crippen molar-refractivity contribution >= 4 is 23.6 Å². The molecular weight excluding hydrogens is 334 g/mol. The molecule has 0 spiro atoms. The van der Waals surface area contributed by atoms with E-state index in [1.165, 1.54) is 18.2 Å². The summed E-state index contributed by atoms with van der Waals surface area (Å²) in [6.45, 7) is 8.27. The SMILES string of the molecule is Cc1ccc(C)c(SCC(=O)OCC(=O)N[C@H]2CCC[C@H](C)[C@@H]2C)c1. The molecule has 0 bridgehead atoms. The Morgan fingerprint density at radius 3 is 2.76 bits per heavy atom. The van der Waals surface area contributed by atoms with Crippen LogP contribution in [0.15, 0.2) is 23.1 Å². The smallest absolute Gasteiger partial charge is 0.316 e. The molecule has 1 aliphatic carbocycles. The Hall–Kier alpha value is -1.49. The van der Waals surface area contributed by atoms with Crippen LogP contribution in [0.25, 0.3) is 0 Å². The molecule has 1 saturated carbocycles. The van der Waals surface area contributed by atoms with E-state index in [-0.39, 0.29) is 30.3 Å². The number of thioether (sulfide) groups is 1. The molecule has 138 valence electrons. The maximum absolute atomic E-state index is 12.0. The molecule has 1 aliphatic rings. The molecular formula is C20H29NO3S. The molecule has 0 aromatic heterocycles. The first-order chi connectivity index (χ1) is 11.9. The van der Waals surface area contributed by atoms with Crippen molar-refractivity contribution < 1.29 is 14.3 Å². The third-order valence-corrected chi connectivity index (χ3v) is 6.24. The van der Waals surface area contributed by atoms with Crippen LogP contribution in [0.1, 0.15) is 44.2 Å². The Kier molecular flexibility index (Phi) is 7.36. The average molecular weight is 364 g/mol. The van der Waals surface area contributed by atoms with Gasteiger partial charge in [-0.25, -0.2) is 0 Å². The molecule has 5 heteroatoms. The van der Waals surface area contributed by atoms with Crippen LogP contribution >= 0.6 is 11.8 Å². The van der Waals surface area contributed by atoms with Gasteiger partial charge < -0.3 is 10.1 Å². The minimum atomic E-state index is -0.355. The highest BCUT2D eigenvalue weighted by molar-refractivity contribution is 8.00. The molecule has 4 nitrogen and oxygen atoms in total. The van der Waals surface area contributed by atoms with E-state index in [0.29, 0.717) is 11.8 Å². The van der Waals surface area contributed by atoms with Crippen molar-refractivity contribution in [3.63, 3.8) is 0 Å². The summed E-state index contributed by atoms with van der Waals surface area (Å²) < 4.78 is 5.13. The van der Waals surface area contributed by atoms with Crippen molar-refractivity contribution in [2.45, 2.75) is 57.9 Å². The zero-order valence-corrected chi connectivity index (χ0v) is 16.4. The van der Waals surface area contributed by atoms with Gasteiger partial charge in [0.05, 0.1) is 5.75 Å². The second-order valence-corrected chi connectivity index (χ2v) is 8.18. The minimum absolute atomic E-state index is 0.191. The predicted molar refractivity (Wildman–Crippen MR) is 102 cm³/mol. The summed E-state index contributed by atoms with van der Waals surface area (Å²) in [7, 11) is 0. The molecule has 0 aliphatic heterocycles. The second kappa shape index (κ2) is 9.27. The Labute approximate surface area is 155 Å². The zero-order chi connectivity index (χ0) is 18.4. The molecule has 0 saturated heterocycles. The normalized spacial score (nSPS) is 23.1. The van der Waals surface area contributed by atoms with E-state index >= 15 is 0 Å². The fraction of sp³-hybridized carbons (Fsp3) is 0.600. The van der Waals surface area contributed by atoms with E-state index in [2.05, 4.69) is 31.3 Å². The molecule has 0 radical (unpaired) electrons. The van der Waals surface area contributed by atoms with Crippen LogP contribution in [0.4, 0.5) is 0 Å². The van der Waals surface area contributed by atoms with Crippen LogP contribution < -0.4 is 5.32 Å². The van der Waals surface area contributed by atoms with Gasteiger partial charge in [0, 0.05) is 10.9 Å². The summed E-state index contributed by atoms with van der Waals surface area (Å²) in [5.74, 6) is 0.750. The van der Waals surface area contributed by atoms with E-state index in [4.69, 9.17) is 4.74 Å². The van der Waals surface area contributed by atoms with E-state index in [1.807, 2.05) is 19.9 Å². The Bertz CT molecular complexity index is 617. The first kappa shape index (κ1) is 19.8. The number of rotatable bonds is 6. The van der Waals surface area contributed by atoms with Crippen molar-refractivity contribution in [1.82, 2.24) is 5.32 Å². The lowest BCUT2D eigenvalue weighted by Crippen LogP contribution is -2.45. The van der Waals surface area contributed by atoms with Gasteiger partial charge in [0.25, 0.3) is 5.91 Å². The fourth-order valence-electron chi connectivity index (χ4n) is 3.22. The molecule has 1 fully saturated rings. The highest BCUT2D eigenvalue weighted by Crippen LogP contribution is 2.29. The highest BCUT2D eigenvalue weighted by atomic mass is 32.2. The summed E-state index contributed by atoms with van der Waals surface area (Å²) in [5, 5.41) is 3.02. The molecule has 2 rings (SSSR count). The molecule has 0 heterocycles. The van der Waals surface area contributed by atoms with Gasteiger partial charge in [-0.2, -0.15) is 0 Å². The molecule has 1 amide bonds. The number of benzene rings is 1. The van der Waals surface area contributed by atoms with Gasteiger partial charge >= 0.3 is 5.97 Å². The lowest BCUT2D eigenvalue weighted by Gasteiger charge is -2.34. The summed E-state index contributed by atoms with van der Waals surface area (Å²) in [6, 6.07) is 6.35. The maximum Gasteiger partial charge on any atom is 0.316 e. The van der Waals surface area contributed by atoms with Gasteiger partial charge in [0.2, 0.25) is 0 Å². The largest absolute Gasteiger partial charge is 0.455 e. The number of ether oxygens (including phenoxy) is 1. The third kappa shape index (κ3) is 6.07. The first-order valence-corrected chi connectivity index (χ1v) is 10.0. The van der Waals surface area contributed by atoms with Crippen molar-refractivity contribution in [1.29, 1.82) is 0 Å². The number of aryl methyl sites for hydroxylation is 2. The number of amides is 1. The molecule has 1 aromatic rings. The summed E-state index contributed by atoms with van der Waals surface area (Å²) in [5.41, 5.74) is 2.30. The summed E-state index contributed by atoms with van der Waals surface area (Å²) in [6.07, 6.45) is 3.37. The third-order valence-electron chi connectivity index (χ3n) is 5.11. The second-order valence-electron chi connectivity index (χ2n) is 7.16. The van der Waals surface area contributed by atoms with Crippen LogP contribution in [0, 0.1) is 25.7 Å². The first-order valence-electron chi connectivity index (χ1n) is 9.02. The summed E-state index contributed by atoms with van der Waals surface area (Å²) in [4.78, 5) is 25.0. The van der Waals surface area contributed by atoms with Crippen molar-refractivity contribution in [2.75, 3.05) is 12.4 Å². The van der Waals surface area contributed by atoms with E-state index < -0.39 is 0 Å².